The van der Waals surface area contributed by atoms with Crippen LogP contribution in [0.4, 0.5) is 5.95 Å². The maximum atomic E-state index is 12.3. The van der Waals surface area contributed by atoms with Crippen molar-refractivity contribution in [3.05, 3.63) is 24.3 Å². The van der Waals surface area contributed by atoms with Crippen LogP contribution in [0.1, 0.15) is 19.8 Å². The standard InChI is InChI=1S/C16H21N5O/c1-3-10-18-16-19-13-7-4-5-8-14(13)21(16)12-15(22)20(2)11-6-9-17/h4-5,7-8H,3,6,10-12H2,1-2H3,(H,18,19). The summed E-state index contributed by atoms with van der Waals surface area (Å²) in [6, 6.07) is 9.83. The van der Waals surface area contributed by atoms with Gasteiger partial charge in [-0.1, -0.05) is 19.1 Å². The lowest BCUT2D eigenvalue weighted by atomic mass is 10.3. The van der Waals surface area contributed by atoms with Gasteiger partial charge in [-0.3, -0.25) is 4.79 Å². The largest absolute Gasteiger partial charge is 0.356 e. The molecule has 0 fully saturated rings. The highest BCUT2D eigenvalue weighted by Gasteiger charge is 2.15. The Morgan fingerprint density at radius 3 is 2.95 bits per heavy atom. The third-order valence-corrected chi connectivity index (χ3v) is 3.47. The van der Waals surface area contributed by atoms with Crippen molar-refractivity contribution in [3.8, 4) is 6.07 Å². The van der Waals surface area contributed by atoms with Crippen LogP contribution < -0.4 is 5.32 Å². The number of para-hydroxylation sites is 2. The zero-order chi connectivity index (χ0) is 15.9. The molecule has 1 aromatic carbocycles. The number of hydrogen-bond donors (Lipinski definition) is 1. The summed E-state index contributed by atoms with van der Waals surface area (Å²) in [5.41, 5.74) is 1.80. The van der Waals surface area contributed by atoms with E-state index in [0.29, 0.717) is 18.9 Å². The fourth-order valence-corrected chi connectivity index (χ4v) is 2.21. The number of imidazole rings is 1. The summed E-state index contributed by atoms with van der Waals surface area (Å²) in [5, 5.41) is 11.9. The number of fused-ring (bicyclic) bond motifs is 1. The number of carbonyl (C=O) groups is 1. The third-order valence-electron chi connectivity index (χ3n) is 3.47. The molecule has 0 bridgehead atoms. The van der Waals surface area contributed by atoms with E-state index in [1.807, 2.05) is 28.8 Å². The van der Waals surface area contributed by atoms with Gasteiger partial charge in [0.1, 0.15) is 6.54 Å². The summed E-state index contributed by atoms with van der Waals surface area (Å²) in [5.74, 6) is 0.683. The van der Waals surface area contributed by atoms with Gasteiger partial charge in [0, 0.05) is 20.1 Å². The molecule has 0 saturated heterocycles. The Hall–Kier alpha value is -2.55. The minimum Gasteiger partial charge on any atom is -0.356 e. The van der Waals surface area contributed by atoms with Crippen molar-refractivity contribution in [2.75, 3.05) is 25.5 Å². The van der Waals surface area contributed by atoms with E-state index in [-0.39, 0.29) is 12.5 Å². The molecule has 0 aliphatic rings. The minimum absolute atomic E-state index is 0.0297. The normalized spacial score (nSPS) is 10.4. The number of aromatic nitrogens is 2. The second-order valence-electron chi connectivity index (χ2n) is 5.16. The molecule has 1 amide bonds. The minimum atomic E-state index is -0.0297. The van der Waals surface area contributed by atoms with Crippen LogP contribution in [0.15, 0.2) is 24.3 Å². The number of rotatable bonds is 7. The molecule has 0 unspecified atom stereocenters. The van der Waals surface area contributed by atoms with Crippen LogP contribution in [0.5, 0.6) is 0 Å². The van der Waals surface area contributed by atoms with Crippen LogP contribution in [0.25, 0.3) is 11.0 Å². The van der Waals surface area contributed by atoms with Gasteiger partial charge < -0.3 is 14.8 Å². The SMILES string of the molecule is CCCNc1nc2ccccc2n1CC(=O)N(C)CCC#N. The number of hydrogen-bond acceptors (Lipinski definition) is 4. The lowest BCUT2D eigenvalue weighted by Crippen LogP contribution is -2.31. The van der Waals surface area contributed by atoms with E-state index in [2.05, 4.69) is 23.3 Å². The highest BCUT2D eigenvalue weighted by atomic mass is 16.2. The number of nitrogens with one attached hydrogen (secondary N) is 1. The molecule has 6 heteroatoms. The summed E-state index contributed by atoms with van der Waals surface area (Å²) in [6.45, 7) is 3.55. The molecule has 0 saturated carbocycles. The molecule has 22 heavy (non-hydrogen) atoms. The Kier molecular flexibility index (Phi) is 5.37. The Morgan fingerprint density at radius 2 is 2.23 bits per heavy atom. The lowest BCUT2D eigenvalue weighted by Gasteiger charge is -2.17. The van der Waals surface area contributed by atoms with Crippen molar-refractivity contribution >= 4 is 22.9 Å². The zero-order valence-electron chi connectivity index (χ0n) is 13.0. The van der Waals surface area contributed by atoms with Crippen LogP contribution in [0.3, 0.4) is 0 Å². The summed E-state index contributed by atoms with van der Waals surface area (Å²) in [6.07, 6.45) is 1.33. The van der Waals surface area contributed by atoms with Gasteiger partial charge >= 0.3 is 0 Å². The number of amides is 1. The highest BCUT2D eigenvalue weighted by molar-refractivity contribution is 5.83. The van der Waals surface area contributed by atoms with E-state index in [0.717, 1.165) is 24.0 Å². The smallest absolute Gasteiger partial charge is 0.242 e. The second-order valence-corrected chi connectivity index (χ2v) is 5.16. The monoisotopic (exact) mass is 299 g/mol. The van der Waals surface area contributed by atoms with E-state index >= 15 is 0 Å². The summed E-state index contributed by atoms with van der Waals surface area (Å²) in [7, 11) is 1.72. The van der Waals surface area contributed by atoms with Gasteiger partial charge in [-0.25, -0.2) is 4.98 Å². The lowest BCUT2D eigenvalue weighted by molar-refractivity contribution is -0.130. The molecule has 1 aromatic heterocycles. The molecule has 6 nitrogen and oxygen atoms in total. The summed E-state index contributed by atoms with van der Waals surface area (Å²) < 4.78 is 1.90. The first-order valence-corrected chi connectivity index (χ1v) is 7.47. The molecular weight excluding hydrogens is 278 g/mol. The van der Waals surface area contributed by atoms with Gasteiger partial charge in [-0.05, 0) is 18.6 Å². The molecule has 0 aliphatic heterocycles. The van der Waals surface area contributed by atoms with Crippen molar-refractivity contribution in [1.29, 1.82) is 5.26 Å². The number of carbonyl (C=O) groups excluding carboxylic acids is 1. The molecule has 0 spiro atoms. The van der Waals surface area contributed by atoms with Crippen LogP contribution in [0, 0.1) is 11.3 Å². The van der Waals surface area contributed by atoms with Crippen molar-refractivity contribution in [2.24, 2.45) is 0 Å². The predicted molar refractivity (Wildman–Crippen MR) is 86.4 cm³/mol. The van der Waals surface area contributed by atoms with E-state index < -0.39 is 0 Å². The van der Waals surface area contributed by atoms with Gasteiger partial charge in [0.05, 0.1) is 23.5 Å². The van der Waals surface area contributed by atoms with Crippen LogP contribution >= 0.6 is 0 Å². The fraction of sp³-hybridized carbons (Fsp3) is 0.438. The first kappa shape index (κ1) is 15.8. The van der Waals surface area contributed by atoms with E-state index in [1.54, 1.807) is 11.9 Å². The summed E-state index contributed by atoms with van der Waals surface area (Å²) >= 11 is 0. The van der Waals surface area contributed by atoms with Crippen molar-refractivity contribution in [3.63, 3.8) is 0 Å². The first-order chi connectivity index (χ1) is 10.7. The molecule has 1 N–H and O–H groups in total. The van der Waals surface area contributed by atoms with Crippen molar-refractivity contribution in [2.45, 2.75) is 26.3 Å². The Bertz CT molecular complexity index is 685. The fourth-order valence-electron chi connectivity index (χ4n) is 2.21. The quantitative estimate of drug-likeness (QED) is 0.851. The Morgan fingerprint density at radius 1 is 1.45 bits per heavy atom. The second kappa shape index (κ2) is 7.46. The average Bonchev–Trinajstić information content (AvgIpc) is 2.88. The van der Waals surface area contributed by atoms with E-state index in [4.69, 9.17) is 5.26 Å². The van der Waals surface area contributed by atoms with Crippen molar-refractivity contribution < 1.29 is 4.79 Å². The predicted octanol–water partition coefficient (Wildman–Crippen LogP) is 2.23. The highest BCUT2D eigenvalue weighted by Crippen LogP contribution is 2.19. The number of likely N-dealkylation sites (N-methyl/N-ethyl adjacent to an activating group) is 1. The topological polar surface area (TPSA) is 74.0 Å². The van der Waals surface area contributed by atoms with Crippen LogP contribution in [0.2, 0.25) is 0 Å². The Balaban J connectivity index is 2.24. The maximum absolute atomic E-state index is 12.3. The zero-order valence-corrected chi connectivity index (χ0v) is 13.0. The molecule has 0 atom stereocenters. The molecule has 0 radical (unpaired) electrons. The first-order valence-electron chi connectivity index (χ1n) is 7.47. The number of anilines is 1. The number of nitriles is 1. The summed E-state index contributed by atoms with van der Waals surface area (Å²) in [4.78, 5) is 18.5. The van der Waals surface area contributed by atoms with Crippen LogP contribution in [-0.2, 0) is 11.3 Å². The molecule has 0 aliphatic carbocycles. The maximum Gasteiger partial charge on any atom is 0.242 e. The average molecular weight is 299 g/mol. The van der Waals surface area contributed by atoms with Gasteiger partial charge in [-0.2, -0.15) is 5.26 Å². The number of benzene rings is 1. The van der Waals surface area contributed by atoms with E-state index in [9.17, 15) is 4.79 Å². The van der Waals surface area contributed by atoms with Crippen LogP contribution in [-0.4, -0.2) is 40.5 Å². The molecule has 1 heterocycles. The molecule has 2 rings (SSSR count). The van der Waals surface area contributed by atoms with Gasteiger partial charge in [0.25, 0.3) is 0 Å². The third kappa shape index (κ3) is 3.55. The van der Waals surface area contributed by atoms with Gasteiger partial charge in [0.2, 0.25) is 11.9 Å². The molecule has 2 aromatic rings. The number of nitrogens with zero attached hydrogens (tertiary/aromatic N) is 4. The van der Waals surface area contributed by atoms with Gasteiger partial charge in [0.15, 0.2) is 0 Å². The molecular formula is C16H21N5O. The van der Waals surface area contributed by atoms with E-state index in [1.165, 1.54) is 0 Å². The Labute approximate surface area is 130 Å². The van der Waals surface area contributed by atoms with Gasteiger partial charge in [-0.15, -0.1) is 0 Å². The van der Waals surface area contributed by atoms with Crippen molar-refractivity contribution in [1.82, 2.24) is 14.5 Å². The molecule has 116 valence electrons.